The lowest BCUT2D eigenvalue weighted by atomic mass is 9.74. The number of likely N-dealkylation sites (tertiary alicyclic amines) is 1. The van der Waals surface area contributed by atoms with Gasteiger partial charge >= 0.3 is 0 Å². The van der Waals surface area contributed by atoms with E-state index in [0.717, 1.165) is 29.7 Å². The highest BCUT2D eigenvalue weighted by Crippen LogP contribution is 2.54. The molecule has 0 saturated carbocycles. The first-order chi connectivity index (χ1) is 12.1. The van der Waals surface area contributed by atoms with E-state index < -0.39 is 0 Å². The highest BCUT2D eigenvalue weighted by molar-refractivity contribution is 5.79. The van der Waals surface area contributed by atoms with Gasteiger partial charge in [-0.2, -0.15) is 0 Å². The van der Waals surface area contributed by atoms with E-state index in [1.54, 1.807) is 6.20 Å². The minimum Gasteiger partial charge on any atom is -0.396 e. The second-order valence-corrected chi connectivity index (χ2v) is 7.80. The second-order valence-electron chi connectivity index (χ2n) is 7.80. The van der Waals surface area contributed by atoms with Crippen LogP contribution >= 0.6 is 0 Å². The standard InChI is InChI=1S/C19H23N3O3/c1-12-3-2-6-22-13(8-20-18(12)22)7-17(24)21-9-15-14(10-23)16-4-5-19(15,11-21)25-16/h2-3,6,8,14-16,23H,4-5,7,9-11H2,1H3/t14-,15+,16+,19+/m1/s1. The summed E-state index contributed by atoms with van der Waals surface area (Å²) < 4.78 is 8.22. The number of aliphatic hydroxyl groups excluding tert-OH is 1. The van der Waals surface area contributed by atoms with E-state index >= 15 is 0 Å². The third-order valence-electron chi connectivity index (χ3n) is 6.49. The summed E-state index contributed by atoms with van der Waals surface area (Å²) in [5.41, 5.74) is 2.72. The number of fused-ring (bicyclic) bond motifs is 2. The molecule has 1 spiro atoms. The molecular formula is C19H23N3O3. The first-order valence-corrected chi connectivity index (χ1v) is 9.09. The molecular weight excluding hydrogens is 318 g/mol. The molecule has 0 aliphatic carbocycles. The Labute approximate surface area is 146 Å². The van der Waals surface area contributed by atoms with Gasteiger partial charge in [0.15, 0.2) is 0 Å². The van der Waals surface area contributed by atoms with Crippen LogP contribution in [0.4, 0.5) is 0 Å². The molecule has 0 unspecified atom stereocenters. The zero-order chi connectivity index (χ0) is 17.2. The fourth-order valence-corrected chi connectivity index (χ4v) is 5.22. The molecule has 5 rings (SSSR count). The monoisotopic (exact) mass is 341 g/mol. The van der Waals surface area contributed by atoms with Gasteiger partial charge in [-0.05, 0) is 31.4 Å². The van der Waals surface area contributed by atoms with E-state index in [1.807, 2.05) is 34.6 Å². The number of aromatic nitrogens is 2. The molecule has 3 saturated heterocycles. The molecule has 1 amide bonds. The molecule has 5 heterocycles. The van der Waals surface area contributed by atoms with Crippen molar-refractivity contribution in [3.05, 3.63) is 35.8 Å². The second kappa shape index (κ2) is 5.29. The predicted molar refractivity (Wildman–Crippen MR) is 91.1 cm³/mol. The number of aliphatic hydroxyl groups is 1. The number of hydrogen-bond acceptors (Lipinski definition) is 4. The number of imidazole rings is 1. The molecule has 132 valence electrons. The lowest BCUT2D eigenvalue weighted by Crippen LogP contribution is -2.38. The van der Waals surface area contributed by atoms with Crippen LogP contribution in [0.1, 0.15) is 24.1 Å². The van der Waals surface area contributed by atoms with Crippen LogP contribution in [0.25, 0.3) is 5.65 Å². The van der Waals surface area contributed by atoms with Crippen molar-refractivity contribution in [1.29, 1.82) is 0 Å². The third-order valence-corrected chi connectivity index (χ3v) is 6.49. The Bertz CT molecular complexity index is 848. The molecule has 3 aliphatic heterocycles. The minimum atomic E-state index is -0.205. The average Bonchev–Trinajstić information content (AvgIpc) is 3.33. The first kappa shape index (κ1) is 15.3. The number of carbonyl (C=O) groups excluding carboxylic acids is 1. The number of carbonyl (C=O) groups is 1. The van der Waals surface area contributed by atoms with Crippen LogP contribution in [-0.4, -0.2) is 56.7 Å². The molecule has 3 fully saturated rings. The molecule has 6 heteroatoms. The van der Waals surface area contributed by atoms with Crippen LogP contribution in [0.2, 0.25) is 0 Å². The zero-order valence-corrected chi connectivity index (χ0v) is 14.4. The summed E-state index contributed by atoms with van der Waals surface area (Å²) in [6.07, 6.45) is 6.32. The lowest BCUT2D eigenvalue weighted by molar-refractivity contribution is -0.131. The van der Waals surface area contributed by atoms with Gasteiger partial charge in [0.25, 0.3) is 0 Å². The van der Waals surface area contributed by atoms with Gasteiger partial charge in [0.2, 0.25) is 5.91 Å². The minimum absolute atomic E-state index is 0.121. The fourth-order valence-electron chi connectivity index (χ4n) is 5.22. The van der Waals surface area contributed by atoms with Crippen LogP contribution in [0.5, 0.6) is 0 Å². The van der Waals surface area contributed by atoms with Crippen molar-refractivity contribution < 1.29 is 14.6 Å². The number of nitrogens with zero attached hydrogens (tertiary/aromatic N) is 3. The molecule has 4 atom stereocenters. The van der Waals surface area contributed by atoms with Gasteiger partial charge in [-0.1, -0.05) is 6.07 Å². The van der Waals surface area contributed by atoms with Crippen molar-refractivity contribution in [3.63, 3.8) is 0 Å². The van der Waals surface area contributed by atoms with Gasteiger partial charge < -0.3 is 19.1 Å². The highest BCUT2D eigenvalue weighted by atomic mass is 16.5. The molecule has 0 radical (unpaired) electrons. The summed E-state index contributed by atoms with van der Waals surface area (Å²) in [5.74, 6) is 0.588. The number of amides is 1. The molecule has 6 nitrogen and oxygen atoms in total. The van der Waals surface area contributed by atoms with Crippen molar-refractivity contribution in [2.45, 2.75) is 37.9 Å². The molecule has 3 aliphatic rings. The van der Waals surface area contributed by atoms with E-state index in [9.17, 15) is 9.90 Å². The van der Waals surface area contributed by atoms with Gasteiger partial charge in [-0.3, -0.25) is 4.79 Å². The van der Waals surface area contributed by atoms with Gasteiger partial charge in [0.05, 0.1) is 30.4 Å². The number of pyridine rings is 1. The van der Waals surface area contributed by atoms with Gasteiger partial charge in [0.1, 0.15) is 5.65 Å². The van der Waals surface area contributed by atoms with E-state index in [2.05, 4.69) is 4.98 Å². The number of ether oxygens (including phenoxy) is 1. The van der Waals surface area contributed by atoms with Crippen LogP contribution < -0.4 is 0 Å². The summed E-state index contributed by atoms with van der Waals surface area (Å²) in [4.78, 5) is 19.3. The summed E-state index contributed by atoms with van der Waals surface area (Å²) in [6, 6.07) is 4.01. The quantitative estimate of drug-likeness (QED) is 0.910. The maximum atomic E-state index is 12.9. The molecule has 2 bridgehead atoms. The number of aryl methyl sites for hydroxylation is 1. The Balaban J connectivity index is 1.36. The fraction of sp³-hybridized carbons (Fsp3) is 0.579. The number of hydrogen-bond donors (Lipinski definition) is 1. The smallest absolute Gasteiger partial charge is 0.228 e. The molecule has 2 aromatic rings. The summed E-state index contributed by atoms with van der Waals surface area (Å²) in [7, 11) is 0. The van der Waals surface area contributed by atoms with Gasteiger partial charge in [0, 0.05) is 37.4 Å². The SMILES string of the molecule is Cc1cccn2c(CC(=O)N3C[C@H]4[C@@H](CO)[C@@H]5CC[C@@]4(C3)O5)cnc12. The van der Waals surface area contributed by atoms with Crippen molar-refractivity contribution in [3.8, 4) is 0 Å². The van der Waals surface area contributed by atoms with Crippen LogP contribution in [-0.2, 0) is 16.0 Å². The van der Waals surface area contributed by atoms with E-state index in [4.69, 9.17) is 4.74 Å². The predicted octanol–water partition coefficient (Wildman–Crippen LogP) is 1.18. The van der Waals surface area contributed by atoms with Crippen molar-refractivity contribution >= 4 is 11.6 Å². The van der Waals surface area contributed by atoms with Gasteiger partial charge in [-0.15, -0.1) is 0 Å². The van der Waals surface area contributed by atoms with Gasteiger partial charge in [-0.25, -0.2) is 4.98 Å². The zero-order valence-electron chi connectivity index (χ0n) is 14.4. The summed E-state index contributed by atoms with van der Waals surface area (Å²) in [6.45, 7) is 3.55. The Hall–Kier alpha value is -1.92. The van der Waals surface area contributed by atoms with Crippen LogP contribution in [0, 0.1) is 18.8 Å². The van der Waals surface area contributed by atoms with Crippen molar-refractivity contribution in [1.82, 2.24) is 14.3 Å². The first-order valence-electron chi connectivity index (χ1n) is 9.09. The maximum absolute atomic E-state index is 12.9. The lowest BCUT2D eigenvalue weighted by Gasteiger charge is -2.27. The molecule has 2 aromatic heterocycles. The summed E-state index contributed by atoms with van der Waals surface area (Å²) in [5, 5.41) is 9.71. The Kier molecular flexibility index (Phi) is 3.24. The molecule has 25 heavy (non-hydrogen) atoms. The summed E-state index contributed by atoms with van der Waals surface area (Å²) >= 11 is 0. The van der Waals surface area contributed by atoms with Crippen molar-refractivity contribution in [2.75, 3.05) is 19.7 Å². The Morgan fingerprint density at radius 2 is 2.40 bits per heavy atom. The average molecular weight is 341 g/mol. The van der Waals surface area contributed by atoms with Crippen LogP contribution in [0.3, 0.4) is 0 Å². The number of rotatable bonds is 3. The maximum Gasteiger partial charge on any atom is 0.228 e. The van der Waals surface area contributed by atoms with E-state index in [0.29, 0.717) is 19.5 Å². The molecule has 0 aromatic carbocycles. The normalized spacial score (nSPS) is 33.4. The Morgan fingerprint density at radius 1 is 1.52 bits per heavy atom. The molecule has 1 N–H and O–H groups in total. The Morgan fingerprint density at radius 3 is 3.24 bits per heavy atom. The van der Waals surface area contributed by atoms with E-state index in [-0.39, 0.29) is 36.1 Å². The van der Waals surface area contributed by atoms with E-state index in [1.165, 1.54) is 0 Å². The topological polar surface area (TPSA) is 67.1 Å². The largest absolute Gasteiger partial charge is 0.396 e. The third kappa shape index (κ3) is 2.10. The van der Waals surface area contributed by atoms with Crippen LogP contribution in [0.15, 0.2) is 24.5 Å². The highest BCUT2D eigenvalue weighted by Gasteiger charge is 2.63. The van der Waals surface area contributed by atoms with Crippen molar-refractivity contribution in [2.24, 2.45) is 11.8 Å².